The van der Waals surface area contributed by atoms with Gasteiger partial charge in [0, 0.05) is 44.2 Å². The Balaban J connectivity index is 1.31. The molecule has 172 valence electrons. The van der Waals surface area contributed by atoms with Crippen LogP contribution in [0.1, 0.15) is 61.8 Å². The number of likely N-dealkylation sites (tertiary alicyclic amines) is 1. The second-order valence-corrected chi connectivity index (χ2v) is 9.32. The Labute approximate surface area is 190 Å². The molecule has 1 aromatic heterocycles. The quantitative estimate of drug-likeness (QED) is 0.553. The fourth-order valence-electron chi connectivity index (χ4n) is 5.23. The lowest BCUT2D eigenvalue weighted by atomic mass is 10.0. The van der Waals surface area contributed by atoms with Crippen molar-refractivity contribution in [2.45, 2.75) is 70.1 Å². The summed E-state index contributed by atoms with van der Waals surface area (Å²) < 4.78 is 7.86. The Morgan fingerprint density at radius 2 is 1.97 bits per heavy atom. The van der Waals surface area contributed by atoms with E-state index < -0.39 is 0 Å². The van der Waals surface area contributed by atoms with E-state index in [-0.39, 0.29) is 6.04 Å². The topological polar surface area (TPSA) is 79.6 Å². The molecule has 1 aliphatic carbocycles. The molecule has 2 aliphatic heterocycles. The highest BCUT2D eigenvalue weighted by Gasteiger charge is 2.31. The molecule has 8 nitrogen and oxygen atoms in total. The number of fused-ring (bicyclic) bond motifs is 1. The third kappa shape index (κ3) is 4.60. The molecule has 0 radical (unpaired) electrons. The number of aromatic nitrogens is 3. The van der Waals surface area contributed by atoms with E-state index >= 15 is 0 Å². The standard InChI is InChI=1S/C24H35N7O/c1-17-28-29-23(30(17)2)15-25-24(26-18-11-13-31(16-18)19-7-3-4-8-19)27-21-12-14-32-22-10-6-5-9-20(21)22/h5-6,9-10,18-19,21H,3-4,7-8,11-16H2,1-2H3,(H2,25,26,27). The summed E-state index contributed by atoms with van der Waals surface area (Å²) in [6, 6.07) is 9.67. The summed E-state index contributed by atoms with van der Waals surface area (Å²) in [6.07, 6.45) is 7.55. The number of nitrogens with one attached hydrogen (secondary N) is 2. The number of aliphatic imine (C=N–C) groups is 1. The second kappa shape index (κ2) is 9.48. The highest BCUT2D eigenvalue weighted by molar-refractivity contribution is 5.80. The van der Waals surface area contributed by atoms with Gasteiger partial charge < -0.3 is 19.9 Å². The molecule has 2 N–H and O–H groups in total. The molecule has 3 heterocycles. The van der Waals surface area contributed by atoms with Crippen LogP contribution in [0, 0.1) is 6.92 Å². The van der Waals surface area contributed by atoms with Gasteiger partial charge in [0.25, 0.3) is 0 Å². The van der Waals surface area contributed by atoms with Gasteiger partial charge in [-0.3, -0.25) is 4.90 Å². The van der Waals surface area contributed by atoms with Gasteiger partial charge in [0.15, 0.2) is 11.8 Å². The van der Waals surface area contributed by atoms with Crippen LogP contribution in [0.5, 0.6) is 5.75 Å². The van der Waals surface area contributed by atoms with Gasteiger partial charge >= 0.3 is 0 Å². The third-order valence-corrected chi connectivity index (χ3v) is 7.23. The maximum Gasteiger partial charge on any atom is 0.192 e. The summed E-state index contributed by atoms with van der Waals surface area (Å²) in [4.78, 5) is 7.61. The first-order valence-electron chi connectivity index (χ1n) is 12.1. The highest BCUT2D eigenvalue weighted by atomic mass is 16.5. The van der Waals surface area contributed by atoms with Crippen molar-refractivity contribution in [3.05, 3.63) is 41.5 Å². The summed E-state index contributed by atoms with van der Waals surface area (Å²) in [7, 11) is 1.99. The normalized spacial score (nSPS) is 24.4. The van der Waals surface area contributed by atoms with E-state index in [9.17, 15) is 0 Å². The molecule has 2 aromatic rings. The number of hydrogen-bond donors (Lipinski definition) is 2. The predicted molar refractivity (Wildman–Crippen MR) is 125 cm³/mol. The fraction of sp³-hybridized carbons (Fsp3) is 0.625. The first kappa shape index (κ1) is 21.2. The van der Waals surface area contributed by atoms with E-state index in [0.717, 1.165) is 48.8 Å². The lowest BCUT2D eigenvalue weighted by molar-refractivity contribution is 0.241. The molecule has 1 saturated carbocycles. The van der Waals surface area contributed by atoms with Crippen LogP contribution in [0.4, 0.5) is 0 Å². The molecule has 0 bridgehead atoms. The first-order valence-corrected chi connectivity index (χ1v) is 12.1. The van der Waals surface area contributed by atoms with Crippen molar-refractivity contribution in [2.75, 3.05) is 19.7 Å². The molecular formula is C24H35N7O. The molecule has 3 aliphatic rings. The largest absolute Gasteiger partial charge is 0.493 e. The van der Waals surface area contributed by atoms with Crippen molar-refractivity contribution in [1.82, 2.24) is 30.3 Å². The van der Waals surface area contributed by atoms with Crippen LogP contribution < -0.4 is 15.4 Å². The van der Waals surface area contributed by atoms with E-state index in [1.807, 2.05) is 30.7 Å². The van der Waals surface area contributed by atoms with Crippen LogP contribution in [0.2, 0.25) is 0 Å². The van der Waals surface area contributed by atoms with Crippen LogP contribution in [0.15, 0.2) is 29.3 Å². The number of rotatable bonds is 5. The smallest absolute Gasteiger partial charge is 0.192 e. The first-order chi connectivity index (χ1) is 15.7. The Morgan fingerprint density at radius 3 is 2.78 bits per heavy atom. The van der Waals surface area contributed by atoms with Gasteiger partial charge in [0.05, 0.1) is 12.6 Å². The predicted octanol–water partition coefficient (Wildman–Crippen LogP) is 2.70. The molecule has 1 saturated heterocycles. The molecule has 2 unspecified atom stereocenters. The van der Waals surface area contributed by atoms with Crippen LogP contribution >= 0.6 is 0 Å². The minimum Gasteiger partial charge on any atom is -0.493 e. The fourth-order valence-corrected chi connectivity index (χ4v) is 5.23. The van der Waals surface area contributed by atoms with Gasteiger partial charge in [-0.25, -0.2) is 4.99 Å². The van der Waals surface area contributed by atoms with Crippen LogP contribution in [-0.4, -0.2) is 57.4 Å². The Hall–Kier alpha value is -2.61. The maximum absolute atomic E-state index is 5.86. The molecule has 0 amide bonds. The average molecular weight is 438 g/mol. The maximum atomic E-state index is 5.86. The van der Waals surface area contributed by atoms with Crippen molar-refractivity contribution in [2.24, 2.45) is 12.0 Å². The number of benzene rings is 1. The zero-order valence-corrected chi connectivity index (χ0v) is 19.3. The number of hydrogen-bond acceptors (Lipinski definition) is 5. The van der Waals surface area contributed by atoms with Crippen LogP contribution in [-0.2, 0) is 13.6 Å². The lowest BCUT2D eigenvalue weighted by Gasteiger charge is -2.29. The minimum absolute atomic E-state index is 0.180. The van der Waals surface area contributed by atoms with Crippen molar-refractivity contribution in [1.29, 1.82) is 0 Å². The van der Waals surface area contributed by atoms with Gasteiger partial charge in [0.2, 0.25) is 0 Å². The molecule has 2 fully saturated rings. The van der Waals surface area contributed by atoms with Gasteiger partial charge in [-0.15, -0.1) is 10.2 Å². The van der Waals surface area contributed by atoms with Crippen molar-refractivity contribution in [3.8, 4) is 5.75 Å². The Bertz CT molecular complexity index is 950. The Kier molecular flexibility index (Phi) is 6.30. The molecule has 5 rings (SSSR count). The van der Waals surface area contributed by atoms with Crippen LogP contribution in [0.3, 0.4) is 0 Å². The highest BCUT2D eigenvalue weighted by Crippen LogP contribution is 2.31. The summed E-state index contributed by atoms with van der Waals surface area (Å²) in [5, 5.41) is 15.9. The molecule has 2 atom stereocenters. The molecule has 1 aromatic carbocycles. The van der Waals surface area contributed by atoms with E-state index in [4.69, 9.17) is 9.73 Å². The van der Waals surface area contributed by atoms with Crippen molar-refractivity contribution in [3.63, 3.8) is 0 Å². The number of ether oxygens (including phenoxy) is 1. The summed E-state index contributed by atoms with van der Waals surface area (Å²) in [6.45, 7) is 5.45. The SMILES string of the molecule is Cc1nnc(CN=C(NC2CCN(C3CCCC3)C2)NC2CCOc3ccccc32)n1C. The summed E-state index contributed by atoms with van der Waals surface area (Å²) in [5.41, 5.74) is 1.20. The van der Waals surface area contributed by atoms with E-state index in [0.29, 0.717) is 19.2 Å². The van der Waals surface area contributed by atoms with E-state index in [2.05, 4.69) is 37.9 Å². The summed E-state index contributed by atoms with van der Waals surface area (Å²) in [5.74, 6) is 3.59. The zero-order valence-electron chi connectivity index (χ0n) is 19.3. The van der Waals surface area contributed by atoms with E-state index in [1.165, 1.54) is 37.8 Å². The van der Waals surface area contributed by atoms with Crippen molar-refractivity contribution >= 4 is 5.96 Å². The number of guanidine groups is 1. The minimum atomic E-state index is 0.180. The third-order valence-electron chi connectivity index (χ3n) is 7.23. The van der Waals surface area contributed by atoms with Gasteiger partial charge in [-0.1, -0.05) is 31.0 Å². The number of aryl methyl sites for hydroxylation is 1. The zero-order chi connectivity index (χ0) is 21.9. The van der Waals surface area contributed by atoms with Crippen molar-refractivity contribution < 1.29 is 4.74 Å². The number of nitrogens with zero attached hydrogens (tertiary/aromatic N) is 5. The van der Waals surface area contributed by atoms with Crippen LogP contribution in [0.25, 0.3) is 0 Å². The monoisotopic (exact) mass is 437 g/mol. The summed E-state index contributed by atoms with van der Waals surface area (Å²) >= 11 is 0. The molecular weight excluding hydrogens is 402 g/mol. The molecule has 32 heavy (non-hydrogen) atoms. The van der Waals surface area contributed by atoms with Gasteiger partial charge in [-0.05, 0) is 32.3 Å². The average Bonchev–Trinajstić information content (AvgIpc) is 3.56. The molecule has 8 heteroatoms. The Morgan fingerprint density at radius 1 is 1.12 bits per heavy atom. The van der Waals surface area contributed by atoms with Gasteiger partial charge in [-0.2, -0.15) is 0 Å². The number of para-hydroxylation sites is 1. The van der Waals surface area contributed by atoms with E-state index in [1.54, 1.807) is 0 Å². The molecule has 0 spiro atoms. The van der Waals surface area contributed by atoms with Gasteiger partial charge in [0.1, 0.15) is 18.1 Å². The lowest BCUT2D eigenvalue weighted by Crippen LogP contribution is -2.47. The second-order valence-electron chi connectivity index (χ2n) is 9.32.